The molecule has 0 spiro atoms. The molecule has 1 aromatic heterocycles. The molecule has 2 heterocycles. The zero-order chi connectivity index (χ0) is 12.7. The molecule has 18 heavy (non-hydrogen) atoms. The number of halogens is 2. The van der Waals surface area contributed by atoms with Crippen molar-refractivity contribution in [3.05, 3.63) is 50.1 Å². The Kier molecular flexibility index (Phi) is 3.52. The lowest BCUT2D eigenvalue weighted by molar-refractivity contribution is 0.329. The molecule has 0 saturated heterocycles. The van der Waals surface area contributed by atoms with Crippen molar-refractivity contribution >= 4 is 43.2 Å². The number of hydrogen-bond donors (Lipinski definition) is 0. The normalized spacial score (nSPS) is 19.4. The lowest BCUT2D eigenvalue weighted by Crippen LogP contribution is -2.07. The first-order valence-electron chi connectivity index (χ1n) is 5.78. The maximum atomic E-state index is 5.76. The van der Waals surface area contributed by atoms with Crippen molar-refractivity contribution in [2.24, 2.45) is 0 Å². The van der Waals surface area contributed by atoms with E-state index in [9.17, 15) is 0 Å². The van der Waals surface area contributed by atoms with Crippen molar-refractivity contribution in [2.75, 3.05) is 6.61 Å². The van der Waals surface area contributed by atoms with E-state index >= 15 is 0 Å². The van der Waals surface area contributed by atoms with Crippen LogP contribution in [0.5, 0.6) is 5.75 Å². The summed E-state index contributed by atoms with van der Waals surface area (Å²) in [6.45, 7) is 2.92. The molecule has 0 N–H and O–H groups in total. The predicted octanol–water partition coefficient (Wildman–Crippen LogP) is 5.43. The van der Waals surface area contributed by atoms with Gasteiger partial charge in [0, 0.05) is 16.4 Å². The van der Waals surface area contributed by atoms with Crippen LogP contribution in [0.3, 0.4) is 0 Å². The molecule has 2 atom stereocenters. The standard InChI is InChI=1S/C14H12Br2OS/c1-8-10(6-13(15)18-8)14(16)11-7-17-12-5-3-2-4-9(11)12/h2-6,11,14H,7H2,1H3. The van der Waals surface area contributed by atoms with E-state index < -0.39 is 0 Å². The van der Waals surface area contributed by atoms with Crippen LogP contribution in [-0.2, 0) is 0 Å². The fourth-order valence-corrected chi connectivity index (χ4v) is 5.20. The summed E-state index contributed by atoms with van der Waals surface area (Å²) < 4.78 is 6.95. The summed E-state index contributed by atoms with van der Waals surface area (Å²) in [7, 11) is 0. The van der Waals surface area contributed by atoms with Gasteiger partial charge in [-0.1, -0.05) is 34.1 Å². The fraction of sp³-hybridized carbons (Fsp3) is 0.286. The smallest absolute Gasteiger partial charge is 0.122 e. The molecule has 0 radical (unpaired) electrons. The van der Waals surface area contributed by atoms with Gasteiger partial charge in [0.05, 0.1) is 15.2 Å². The summed E-state index contributed by atoms with van der Waals surface area (Å²) in [6.07, 6.45) is 0. The Morgan fingerprint density at radius 1 is 1.39 bits per heavy atom. The Morgan fingerprint density at radius 2 is 2.17 bits per heavy atom. The van der Waals surface area contributed by atoms with Gasteiger partial charge in [-0.2, -0.15) is 0 Å². The third kappa shape index (κ3) is 2.15. The van der Waals surface area contributed by atoms with Gasteiger partial charge in [-0.3, -0.25) is 0 Å². The topological polar surface area (TPSA) is 9.23 Å². The zero-order valence-corrected chi connectivity index (χ0v) is 13.8. The highest BCUT2D eigenvalue weighted by Crippen LogP contribution is 2.47. The van der Waals surface area contributed by atoms with Crippen LogP contribution in [0.1, 0.15) is 26.7 Å². The molecule has 2 aromatic rings. The van der Waals surface area contributed by atoms with E-state index in [0.717, 1.165) is 12.4 Å². The minimum absolute atomic E-state index is 0.309. The van der Waals surface area contributed by atoms with Crippen LogP contribution in [0.4, 0.5) is 0 Å². The molecule has 0 saturated carbocycles. The average molecular weight is 388 g/mol. The van der Waals surface area contributed by atoms with Gasteiger partial charge in [-0.25, -0.2) is 0 Å². The quantitative estimate of drug-likeness (QED) is 0.624. The van der Waals surface area contributed by atoms with E-state index in [4.69, 9.17) is 4.74 Å². The number of rotatable bonds is 2. The summed E-state index contributed by atoms with van der Waals surface area (Å²) in [4.78, 5) is 1.66. The highest BCUT2D eigenvalue weighted by Gasteiger charge is 2.31. The Balaban J connectivity index is 1.95. The Hall–Kier alpha value is -0.320. The predicted molar refractivity (Wildman–Crippen MR) is 83.1 cm³/mol. The molecule has 0 fully saturated rings. The van der Waals surface area contributed by atoms with Gasteiger partial charge >= 0.3 is 0 Å². The Labute approximate surface area is 127 Å². The lowest BCUT2D eigenvalue weighted by atomic mass is 9.94. The van der Waals surface area contributed by atoms with Crippen molar-refractivity contribution < 1.29 is 4.74 Å². The molecule has 3 rings (SSSR count). The average Bonchev–Trinajstić information content (AvgIpc) is 2.92. The molecule has 1 aromatic carbocycles. The number of alkyl halides is 1. The fourth-order valence-electron chi connectivity index (χ4n) is 2.38. The second kappa shape index (κ2) is 4.99. The molecule has 94 valence electrons. The molecule has 1 nitrogen and oxygen atoms in total. The van der Waals surface area contributed by atoms with Crippen molar-refractivity contribution in [1.29, 1.82) is 0 Å². The monoisotopic (exact) mass is 386 g/mol. The number of thiophene rings is 1. The number of aryl methyl sites for hydroxylation is 1. The summed E-state index contributed by atoms with van der Waals surface area (Å²) in [6, 6.07) is 10.5. The maximum absolute atomic E-state index is 5.76. The van der Waals surface area contributed by atoms with Crippen LogP contribution in [-0.4, -0.2) is 6.61 Å². The molecule has 0 bridgehead atoms. The van der Waals surface area contributed by atoms with Crippen LogP contribution in [0.2, 0.25) is 0 Å². The van der Waals surface area contributed by atoms with E-state index in [2.05, 4.69) is 57.0 Å². The van der Waals surface area contributed by atoms with Crippen molar-refractivity contribution in [1.82, 2.24) is 0 Å². The van der Waals surface area contributed by atoms with Crippen LogP contribution < -0.4 is 4.74 Å². The van der Waals surface area contributed by atoms with Gasteiger partial charge in [0.25, 0.3) is 0 Å². The maximum Gasteiger partial charge on any atom is 0.122 e. The van der Waals surface area contributed by atoms with Crippen molar-refractivity contribution in [3.8, 4) is 5.75 Å². The minimum atomic E-state index is 0.309. The molecule has 0 amide bonds. The van der Waals surface area contributed by atoms with Crippen LogP contribution in [0.25, 0.3) is 0 Å². The first kappa shape index (κ1) is 12.7. The number of hydrogen-bond acceptors (Lipinski definition) is 2. The van der Waals surface area contributed by atoms with Gasteiger partial charge in [0.2, 0.25) is 0 Å². The minimum Gasteiger partial charge on any atom is -0.493 e. The SMILES string of the molecule is Cc1sc(Br)cc1C(Br)C1COc2ccccc21. The first-order chi connectivity index (χ1) is 8.66. The number of fused-ring (bicyclic) bond motifs is 1. The molecular formula is C14H12Br2OS. The largest absolute Gasteiger partial charge is 0.493 e. The van der Waals surface area contributed by atoms with Gasteiger partial charge in [-0.15, -0.1) is 11.3 Å². The summed E-state index contributed by atoms with van der Waals surface area (Å²) in [5, 5.41) is 0. The summed E-state index contributed by atoms with van der Waals surface area (Å²) >= 11 is 9.19. The summed E-state index contributed by atoms with van der Waals surface area (Å²) in [5.74, 6) is 1.42. The van der Waals surface area contributed by atoms with Crippen LogP contribution >= 0.6 is 43.2 Å². The molecule has 2 unspecified atom stereocenters. The second-order valence-electron chi connectivity index (χ2n) is 4.42. The molecule has 0 aliphatic carbocycles. The van der Waals surface area contributed by atoms with Crippen molar-refractivity contribution in [2.45, 2.75) is 17.7 Å². The Bertz CT molecular complexity index is 579. The van der Waals surface area contributed by atoms with E-state index in [-0.39, 0.29) is 0 Å². The van der Waals surface area contributed by atoms with Gasteiger partial charge in [0.1, 0.15) is 5.75 Å². The highest BCUT2D eigenvalue weighted by molar-refractivity contribution is 9.11. The van der Waals surface area contributed by atoms with Crippen LogP contribution in [0, 0.1) is 6.92 Å². The molecule has 4 heteroatoms. The van der Waals surface area contributed by atoms with Crippen LogP contribution in [0.15, 0.2) is 34.1 Å². The van der Waals surface area contributed by atoms with Gasteiger partial charge in [-0.05, 0) is 40.5 Å². The molecular weight excluding hydrogens is 376 g/mol. The second-order valence-corrected chi connectivity index (χ2v) is 8.04. The van der Waals surface area contributed by atoms with Gasteiger partial charge in [0.15, 0.2) is 0 Å². The number of ether oxygens (including phenoxy) is 1. The number of benzene rings is 1. The third-order valence-corrected chi connectivity index (χ3v) is 6.01. The Morgan fingerprint density at radius 3 is 2.89 bits per heavy atom. The lowest BCUT2D eigenvalue weighted by Gasteiger charge is -2.16. The van der Waals surface area contributed by atoms with E-state index in [0.29, 0.717) is 10.7 Å². The molecule has 1 aliphatic heterocycles. The summed E-state index contributed by atoms with van der Waals surface area (Å²) in [5.41, 5.74) is 2.67. The first-order valence-corrected chi connectivity index (χ1v) is 8.31. The highest BCUT2D eigenvalue weighted by atomic mass is 79.9. The zero-order valence-electron chi connectivity index (χ0n) is 9.82. The number of para-hydroxylation sites is 1. The van der Waals surface area contributed by atoms with E-state index in [1.807, 2.05) is 12.1 Å². The van der Waals surface area contributed by atoms with Gasteiger partial charge < -0.3 is 4.74 Å². The van der Waals surface area contributed by atoms with Crippen molar-refractivity contribution in [3.63, 3.8) is 0 Å². The van der Waals surface area contributed by atoms with E-state index in [1.165, 1.54) is 19.8 Å². The third-order valence-electron chi connectivity index (χ3n) is 3.31. The van der Waals surface area contributed by atoms with E-state index in [1.54, 1.807) is 11.3 Å². The molecule has 1 aliphatic rings.